The highest BCUT2D eigenvalue weighted by molar-refractivity contribution is 6.32. The summed E-state index contributed by atoms with van der Waals surface area (Å²) < 4.78 is 0. The lowest BCUT2D eigenvalue weighted by Crippen LogP contribution is -2.51. The average Bonchev–Trinajstić information content (AvgIpc) is 2.46. The Morgan fingerprint density at radius 1 is 1.57 bits per heavy atom. The number of benzene rings is 1. The van der Waals surface area contributed by atoms with E-state index in [-0.39, 0.29) is 22.9 Å². The van der Waals surface area contributed by atoms with Crippen molar-refractivity contribution in [2.75, 3.05) is 6.61 Å². The van der Waals surface area contributed by atoms with Gasteiger partial charge in [-0.2, -0.15) is 0 Å². The van der Waals surface area contributed by atoms with Crippen LogP contribution in [0.1, 0.15) is 38.2 Å². The molecule has 5 nitrogen and oxygen atoms in total. The smallest absolute Gasteiger partial charge is 0.288 e. The van der Waals surface area contributed by atoms with Gasteiger partial charge in [0.25, 0.3) is 5.69 Å². The summed E-state index contributed by atoms with van der Waals surface area (Å²) in [7, 11) is 0. The van der Waals surface area contributed by atoms with Gasteiger partial charge in [0.15, 0.2) is 0 Å². The van der Waals surface area contributed by atoms with Gasteiger partial charge in [0, 0.05) is 18.2 Å². The predicted octanol–water partition coefficient (Wildman–Crippen LogP) is 3.28. The van der Waals surface area contributed by atoms with E-state index in [1.165, 1.54) is 12.5 Å². The van der Waals surface area contributed by atoms with Crippen molar-refractivity contribution < 1.29 is 10.0 Å². The predicted molar refractivity (Wildman–Crippen MR) is 82.4 cm³/mol. The number of halogens is 1. The van der Waals surface area contributed by atoms with Gasteiger partial charge in [0.2, 0.25) is 0 Å². The SMILES string of the molecule is CC1CCCC(CO)(NCc2ccc(Cl)c([N+](=O)[O-])c2)C1. The number of nitro groups is 1. The molecule has 0 aromatic heterocycles. The Morgan fingerprint density at radius 3 is 2.95 bits per heavy atom. The fraction of sp³-hybridized carbons (Fsp3) is 0.600. The highest BCUT2D eigenvalue weighted by Gasteiger charge is 2.33. The first-order valence-electron chi connectivity index (χ1n) is 7.24. The Labute approximate surface area is 129 Å². The molecular formula is C15H21ClN2O3. The summed E-state index contributed by atoms with van der Waals surface area (Å²) in [6.07, 6.45) is 4.15. The lowest BCUT2D eigenvalue weighted by molar-refractivity contribution is -0.384. The van der Waals surface area contributed by atoms with Crippen LogP contribution in [-0.4, -0.2) is 22.2 Å². The second kappa shape index (κ2) is 6.73. The van der Waals surface area contributed by atoms with Gasteiger partial charge in [-0.1, -0.05) is 37.4 Å². The number of aliphatic hydroxyl groups is 1. The van der Waals surface area contributed by atoms with Gasteiger partial charge < -0.3 is 10.4 Å². The summed E-state index contributed by atoms with van der Waals surface area (Å²) in [5, 5.41) is 24.2. The van der Waals surface area contributed by atoms with E-state index >= 15 is 0 Å². The summed E-state index contributed by atoms with van der Waals surface area (Å²) >= 11 is 5.81. The quantitative estimate of drug-likeness (QED) is 0.646. The van der Waals surface area contributed by atoms with Crippen molar-refractivity contribution in [2.45, 2.75) is 44.7 Å². The van der Waals surface area contributed by atoms with Crippen LogP contribution in [0.3, 0.4) is 0 Å². The first kappa shape index (κ1) is 16.2. The third-order valence-electron chi connectivity index (χ3n) is 4.27. The first-order chi connectivity index (χ1) is 9.96. The monoisotopic (exact) mass is 312 g/mol. The van der Waals surface area contributed by atoms with E-state index in [0.717, 1.165) is 24.8 Å². The van der Waals surface area contributed by atoms with E-state index in [0.29, 0.717) is 12.5 Å². The minimum atomic E-state index is -0.476. The van der Waals surface area contributed by atoms with Gasteiger partial charge in [-0.25, -0.2) is 0 Å². The molecule has 21 heavy (non-hydrogen) atoms. The summed E-state index contributed by atoms with van der Waals surface area (Å²) in [6.45, 7) is 2.77. The summed E-state index contributed by atoms with van der Waals surface area (Å²) in [6, 6.07) is 4.82. The molecule has 1 fully saturated rings. The molecule has 1 aliphatic carbocycles. The molecule has 2 N–H and O–H groups in total. The molecule has 2 unspecified atom stereocenters. The van der Waals surface area contributed by atoms with E-state index in [4.69, 9.17) is 11.6 Å². The number of hydrogen-bond donors (Lipinski definition) is 2. The van der Waals surface area contributed by atoms with Crippen LogP contribution in [0.15, 0.2) is 18.2 Å². The Balaban J connectivity index is 2.08. The molecule has 1 aromatic rings. The molecule has 2 rings (SSSR count). The van der Waals surface area contributed by atoms with Crippen LogP contribution in [0.2, 0.25) is 5.02 Å². The second-order valence-corrected chi connectivity index (χ2v) is 6.44. The Bertz CT molecular complexity index is 524. The lowest BCUT2D eigenvalue weighted by Gasteiger charge is -2.39. The van der Waals surface area contributed by atoms with Crippen molar-refractivity contribution >= 4 is 17.3 Å². The van der Waals surface area contributed by atoms with Crippen molar-refractivity contribution in [1.29, 1.82) is 0 Å². The van der Waals surface area contributed by atoms with Crippen LogP contribution in [-0.2, 0) is 6.54 Å². The van der Waals surface area contributed by atoms with Gasteiger partial charge in [-0.05, 0) is 30.4 Å². The van der Waals surface area contributed by atoms with Crippen molar-refractivity contribution in [1.82, 2.24) is 5.32 Å². The molecule has 0 saturated heterocycles. The molecule has 1 saturated carbocycles. The van der Waals surface area contributed by atoms with Crippen LogP contribution in [0, 0.1) is 16.0 Å². The number of nitro benzene ring substituents is 1. The van der Waals surface area contributed by atoms with E-state index < -0.39 is 4.92 Å². The van der Waals surface area contributed by atoms with Crippen LogP contribution >= 0.6 is 11.6 Å². The molecule has 0 amide bonds. The first-order valence-corrected chi connectivity index (χ1v) is 7.62. The Hall–Kier alpha value is -1.17. The minimum Gasteiger partial charge on any atom is -0.394 e. The Morgan fingerprint density at radius 2 is 2.33 bits per heavy atom. The molecule has 0 spiro atoms. The topological polar surface area (TPSA) is 75.4 Å². The van der Waals surface area contributed by atoms with E-state index in [9.17, 15) is 15.2 Å². The molecule has 0 heterocycles. The zero-order chi connectivity index (χ0) is 15.5. The highest BCUT2D eigenvalue weighted by Crippen LogP contribution is 2.32. The number of rotatable bonds is 5. The van der Waals surface area contributed by atoms with Crippen LogP contribution in [0.4, 0.5) is 5.69 Å². The molecule has 6 heteroatoms. The van der Waals surface area contributed by atoms with Gasteiger partial charge >= 0.3 is 0 Å². The van der Waals surface area contributed by atoms with Gasteiger partial charge in [0.05, 0.1) is 11.5 Å². The largest absolute Gasteiger partial charge is 0.394 e. The van der Waals surface area contributed by atoms with Gasteiger partial charge in [-0.15, -0.1) is 0 Å². The summed E-state index contributed by atoms with van der Waals surface area (Å²) in [5.41, 5.74) is 0.453. The molecule has 1 aliphatic rings. The number of nitrogens with one attached hydrogen (secondary N) is 1. The van der Waals surface area contributed by atoms with Crippen molar-refractivity contribution in [3.05, 3.63) is 38.9 Å². The van der Waals surface area contributed by atoms with Crippen LogP contribution in [0.25, 0.3) is 0 Å². The van der Waals surface area contributed by atoms with Crippen molar-refractivity contribution in [2.24, 2.45) is 5.92 Å². The van der Waals surface area contributed by atoms with Gasteiger partial charge in [-0.3, -0.25) is 10.1 Å². The third-order valence-corrected chi connectivity index (χ3v) is 4.59. The van der Waals surface area contributed by atoms with E-state index in [1.807, 2.05) is 0 Å². The standard InChI is InChI=1S/C15H21ClN2O3/c1-11-3-2-6-15(8-11,10-19)17-9-12-4-5-13(16)14(7-12)18(20)21/h4-5,7,11,17,19H,2-3,6,8-10H2,1H3. The highest BCUT2D eigenvalue weighted by atomic mass is 35.5. The zero-order valence-electron chi connectivity index (χ0n) is 12.1. The molecule has 116 valence electrons. The molecular weight excluding hydrogens is 292 g/mol. The number of hydrogen-bond acceptors (Lipinski definition) is 4. The summed E-state index contributed by atoms with van der Waals surface area (Å²) in [4.78, 5) is 10.4. The minimum absolute atomic E-state index is 0.0778. The Kier molecular flexibility index (Phi) is 5.19. The van der Waals surface area contributed by atoms with Crippen molar-refractivity contribution in [3.8, 4) is 0 Å². The lowest BCUT2D eigenvalue weighted by atomic mass is 9.77. The molecule has 2 atom stereocenters. The zero-order valence-corrected chi connectivity index (χ0v) is 12.9. The number of aliphatic hydroxyl groups excluding tert-OH is 1. The summed E-state index contributed by atoms with van der Waals surface area (Å²) in [5.74, 6) is 0.581. The molecule has 0 aliphatic heterocycles. The maximum Gasteiger partial charge on any atom is 0.288 e. The maximum atomic E-state index is 10.9. The fourth-order valence-electron chi connectivity index (χ4n) is 3.12. The fourth-order valence-corrected chi connectivity index (χ4v) is 3.30. The van der Waals surface area contributed by atoms with E-state index in [2.05, 4.69) is 12.2 Å². The average molecular weight is 313 g/mol. The van der Waals surface area contributed by atoms with E-state index in [1.54, 1.807) is 12.1 Å². The number of nitrogens with zero attached hydrogens (tertiary/aromatic N) is 1. The normalized spacial score (nSPS) is 25.8. The van der Waals surface area contributed by atoms with Crippen LogP contribution in [0.5, 0.6) is 0 Å². The molecule has 1 aromatic carbocycles. The second-order valence-electron chi connectivity index (χ2n) is 6.04. The molecule has 0 radical (unpaired) electrons. The van der Waals surface area contributed by atoms with Crippen molar-refractivity contribution in [3.63, 3.8) is 0 Å². The maximum absolute atomic E-state index is 10.9. The molecule has 0 bridgehead atoms. The third kappa shape index (κ3) is 3.93. The van der Waals surface area contributed by atoms with Crippen LogP contribution < -0.4 is 5.32 Å². The van der Waals surface area contributed by atoms with Gasteiger partial charge in [0.1, 0.15) is 5.02 Å².